The average molecular weight is 369 g/mol. The first-order chi connectivity index (χ1) is 13.1. The van der Waals surface area contributed by atoms with Crippen molar-refractivity contribution in [3.63, 3.8) is 0 Å². The highest BCUT2D eigenvalue weighted by Crippen LogP contribution is 2.26. The molecule has 2 aromatic rings. The van der Waals surface area contributed by atoms with Gasteiger partial charge >= 0.3 is 6.03 Å². The van der Waals surface area contributed by atoms with Crippen LogP contribution >= 0.6 is 0 Å². The second-order valence-corrected chi connectivity index (χ2v) is 6.55. The van der Waals surface area contributed by atoms with E-state index in [4.69, 9.17) is 0 Å². The summed E-state index contributed by atoms with van der Waals surface area (Å²) in [4.78, 5) is 27.6. The van der Waals surface area contributed by atoms with Gasteiger partial charge in [-0.1, -0.05) is 42.5 Å². The van der Waals surface area contributed by atoms with Crippen LogP contribution in [0.4, 0.5) is 10.5 Å². The van der Waals surface area contributed by atoms with Crippen LogP contribution in [-0.4, -0.2) is 50.3 Å². The number of carbonyl (C=O) groups is 2. The lowest BCUT2D eigenvalue weighted by atomic mass is 10.0. The molecule has 1 aliphatic heterocycles. The number of anilines is 1. The van der Waals surface area contributed by atoms with Gasteiger partial charge in [0.2, 0.25) is 0 Å². The molecule has 1 fully saturated rings. The first-order valence-electron chi connectivity index (χ1n) is 9.05. The Morgan fingerprint density at radius 1 is 1.04 bits per heavy atom. The van der Waals surface area contributed by atoms with Gasteiger partial charge in [0, 0.05) is 12.6 Å². The molecule has 0 unspecified atom stereocenters. The summed E-state index contributed by atoms with van der Waals surface area (Å²) in [5.41, 5.74) is 1.69. The normalized spacial score (nSPS) is 15.8. The van der Waals surface area contributed by atoms with Crippen LogP contribution in [0.3, 0.4) is 0 Å². The van der Waals surface area contributed by atoms with Gasteiger partial charge in [-0.15, -0.1) is 0 Å². The Morgan fingerprint density at radius 2 is 1.67 bits per heavy atom. The molecule has 3 rings (SSSR count). The van der Waals surface area contributed by atoms with E-state index >= 15 is 0 Å². The van der Waals surface area contributed by atoms with Crippen LogP contribution in [-0.2, 0) is 4.79 Å². The number of amides is 3. The van der Waals surface area contributed by atoms with Crippen molar-refractivity contribution in [2.75, 3.05) is 38.1 Å². The van der Waals surface area contributed by atoms with Gasteiger partial charge < -0.3 is 20.2 Å². The third-order valence-corrected chi connectivity index (χ3v) is 4.90. The Hall–Kier alpha value is -3.06. The molecule has 0 bridgehead atoms. The molecular weight excluding hydrogens is 344 g/mol. The SMILES string of the molecule is CNC(=O)NC(=O)[C@H](c1ccccc1)[NH+]1CCN(c2ccccc2O)CC1. The number of urea groups is 1. The summed E-state index contributed by atoms with van der Waals surface area (Å²) in [5.74, 6) is -0.0514. The highest BCUT2D eigenvalue weighted by atomic mass is 16.3. The lowest BCUT2D eigenvalue weighted by Gasteiger charge is -2.37. The quantitative estimate of drug-likeness (QED) is 0.624. The number of piperazine rings is 1. The van der Waals surface area contributed by atoms with Gasteiger partial charge in [-0.25, -0.2) is 4.79 Å². The topological polar surface area (TPSA) is 86.1 Å². The minimum atomic E-state index is -0.506. The molecule has 1 aliphatic rings. The molecular formula is C20H25N4O3+. The van der Waals surface area contributed by atoms with E-state index in [0.29, 0.717) is 13.1 Å². The Morgan fingerprint density at radius 3 is 2.30 bits per heavy atom. The van der Waals surface area contributed by atoms with Crippen LogP contribution in [0.5, 0.6) is 5.75 Å². The second-order valence-electron chi connectivity index (χ2n) is 6.55. The van der Waals surface area contributed by atoms with Crippen LogP contribution in [0.15, 0.2) is 54.6 Å². The number of nitrogens with zero attached hydrogens (tertiary/aromatic N) is 1. The number of rotatable bonds is 4. The molecule has 27 heavy (non-hydrogen) atoms. The molecule has 4 N–H and O–H groups in total. The maximum atomic E-state index is 12.8. The molecule has 0 radical (unpaired) electrons. The number of nitrogens with one attached hydrogen (secondary N) is 3. The lowest BCUT2D eigenvalue weighted by molar-refractivity contribution is -0.922. The molecule has 1 saturated heterocycles. The van der Waals surface area contributed by atoms with Crippen molar-refractivity contribution in [2.24, 2.45) is 0 Å². The molecule has 7 nitrogen and oxygen atoms in total. The van der Waals surface area contributed by atoms with Crippen molar-refractivity contribution in [1.82, 2.24) is 10.6 Å². The number of aromatic hydroxyl groups is 1. The van der Waals surface area contributed by atoms with E-state index in [2.05, 4.69) is 15.5 Å². The van der Waals surface area contributed by atoms with Gasteiger partial charge in [-0.05, 0) is 12.1 Å². The second kappa shape index (κ2) is 8.55. The van der Waals surface area contributed by atoms with Crippen molar-refractivity contribution in [2.45, 2.75) is 6.04 Å². The van der Waals surface area contributed by atoms with Crippen LogP contribution in [0, 0.1) is 0 Å². The third-order valence-electron chi connectivity index (χ3n) is 4.90. The third kappa shape index (κ3) is 4.38. The highest BCUT2D eigenvalue weighted by Gasteiger charge is 2.35. The summed E-state index contributed by atoms with van der Waals surface area (Å²) < 4.78 is 0. The van der Waals surface area contributed by atoms with Gasteiger partial charge in [0.15, 0.2) is 6.04 Å². The van der Waals surface area contributed by atoms with Crippen LogP contribution in [0.25, 0.3) is 0 Å². The van der Waals surface area contributed by atoms with E-state index in [9.17, 15) is 14.7 Å². The number of imide groups is 1. The molecule has 7 heteroatoms. The zero-order valence-corrected chi connectivity index (χ0v) is 15.3. The zero-order chi connectivity index (χ0) is 19.2. The van der Waals surface area contributed by atoms with E-state index in [-0.39, 0.29) is 11.7 Å². The van der Waals surface area contributed by atoms with Crippen molar-refractivity contribution in [1.29, 1.82) is 0 Å². The van der Waals surface area contributed by atoms with Crippen molar-refractivity contribution < 1.29 is 19.6 Å². The maximum Gasteiger partial charge on any atom is 0.321 e. The molecule has 0 aromatic heterocycles. The largest absolute Gasteiger partial charge is 0.506 e. The molecule has 1 heterocycles. The van der Waals surface area contributed by atoms with Crippen LogP contribution < -0.4 is 20.4 Å². The molecule has 2 aromatic carbocycles. The molecule has 0 saturated carbocycles. The summed E-state index contributed by atoms with van der Waals surface area (Å²) in [5, 5.41) is 14.9. The number of carbonyl (C=O) groups excluding carboxylic acids is 2. The molecule has 142 valence electrons. The number of quaternary nitrogens is 1. The first-order valence-corrected chi connectivity index (χ1v) is 9.05. The zero-order valence-electron chi connectivity index (χ0n) is 15.3. The average Bonchev–Trinajstić information content (AvgIpc) is 2.70. The minimum absolute atomic E-state index is 0.262. The molecule has 1 atom stereocenters. The lowest BCUT2D eigenvalue weighted by Crippen LogP contribution is -3.16. The highest BCUT2D eigenvalue weighted by molar-refractivity contribution is 5.96. The van der Waals surface area contributed by atoms with E-state index in [1.165, 1.54) is 7.05 Å². The summed E-state index contributed by atoms with van der Waals surface area (Å²) in [7, 11) is 1.48. The van der Waals surface area contributed by atoms with Crippen molar-refractivity contribution in [3.8, 4) is 5.75 Å². The molecule has 0 spiro atoms. The number of benzene rings is 2. The van der Waals surface area contributed by atoms with E-state index in [0.717, 1.165) is 29.2 Å². The number of hydrogen-bond donors (Lipinski definition) is 4. The fourth-order valence-corrected chi connectivity index (χ4v) is 3.52. The smallest absolute Gasteiger partial charge is 0.321 e. The maximum absolute atomic E-state index is 12.8. The minimum Gasteiger partial charge on any atom is -0.506 e. The summed E-state index contributed by atoms with van der Waals surface area (Å²) >= 11 is 0. The van der Waals surface area contributed by atoms with Crippen molar-refractivity contribution in [3.05, 3.63) is 60.2 Å². The molecule has 3 amide bonds. The number of para-hydroxylation sites is 2. The molecule has 0 aliphatic carbocycles. The summed E-state index contributed by atoms with van der Waals surface area (Å²) in [6, 6.07) is 15.8. The van der Waals surface area contributed by atoms with Gasteiger partial charge in [-0.3, -0.25) is 10.1 Å². The first kappa shape index (κ1) is 18.7. The van der Waals surface area contributed by atoms with Crippen molar-refractivity contribution >= 4 is 17.6 Å². The van der Waals surface area contributed by atoms with E-state index in [1.54, 1.807) is 12.1 Å². The van der Waals surface area contributed by atoms with Crippen LogP contribution in [0.2, 0.25) is 0 Å². The predicted molar refractivity (Wildman–Crippen MR) is 103 cm³/mol. The number of phenolic OH excluding ortho intramolecular Hbond substituents is 1. The fourth-order valence-electron chi connectivity index (χ4n) is 3.52. The van der Waals surface area contributed by atoms with E-state index < -0.39 is 12.1 Å². The monoisotopic (exact) mass is 369 g/mol. The predicted octanol–water partition coefficient (Wildman–Crippen LogP) is 0.294. The number of phenols is 1. The van der Waals surface area contributed by atoms with Gasteiger partial charge in [0.25, 0.3) is 5.91 Å². The van der Waals surface area contributed by atoms with E-state index in [1.807, 2.05) is 42.5 Å². The Balaban J connectivity index is 1.75. The Kier molecular flexibility index (Phi) is 5.93. The van der Waals surface area contributed by atoms with Gasteiger partial charge in [-0.2, -0.15) is 0 Å². The Labute approximate surface area is 158 Å². The fraction of sp³-hybridized carbons (Fsp3) is 0.300. The Bertz CT molecular complexity index is 789. The van der Waals surface area contributed by atoms with Gasteiger partial charge in [0.05, 0.1) is 31.9 Å². The summed E-state index contributed by atoms with van der Waals surface area (Å²) in [6.45, 7) is 2.86. The summed E-state index contributed by atoms with van der Waals surface area (Å²) in [6.07, 6.45) is 0. The number of hydrogen-bond acceptors (Lipinski definition) is 4. The van der Waals surface area contributed by atoms with Gasteiger partial charge in [0.1, 0.15) is 5.75 Å². The van der Waals surface area contributed by atoms with Crippen LogP contribution in [0.1, 0.15) is 11.6 Å². The standard InChI is InChI=1S/C20H24N4O3/c1-21-20(27)22-19(26)18(15-7-3-2-4-8-15)24-13-11-23(12-14-24)16-9-5-6-10-17(16)25/h2-10,18,25H,11-14H2,1H3,(H2,21,22,26,27)/p+1/t18-/m0/s1.